The van der Waals surface area contributed by atoms with Crippen molar-refractivity contribution in [2.75, 3.05) is 0 Å². The fraction of sp³-hybridized carbons (Fsp3) is 0.267. The molecule has 0 atom stereocenters. The number of halogens is 1. The molecular weight excluding hydrogens is 259 g/mol. The lowest BCUT2D eigenvalue weighted by molar-refractivity contribution is 0.620. The molecule has 1 aromatic carbocycles. The Kier molecular flexibility index (Phi) is 4.67. The van der Waals surface area contributed by atoms with E-state index in [1.54, 1.807) is 17.4 Å². The highest BCUT2D eigenvalue weighted by molar-refractivity contribution is 7.11. The molecule has 0 amide bonds. The smallest absolute Gasteiger partial charge is 0.124 e. The van der Waals surface area contributed by atoms with E-state index in [9.17, 15) is 4.39 Å². The predicted molar refractivity (Wildman–Crippen MR) is 75.4 cm³/mol. The molecule has 0 aliphatic rings. The number of thiophene rings is 1. The summed E-state index contributed by atoms with van der Waals surface area (Å²) in [7, 11) is 0. The van der Waals surface area contributed by atoms with Gasteiger partial charge in [0.15, 0.2) is 0 Å². The van der Waals surface area contributed by atoms with Crippen molar-refractivity contribution in [3.8, 4) is 6.07 Å². The summed E-state index contributed by atoms with van der Waals surface area (Å²) >= 11 is 1.79. The van der Waals surface area contributed by atoms with E-state index in [-0.39, 0.29) is 5.82 Å². The van der Waals surface area contributed by atoms with Gasteiger partial charge in [0.25, 0.3) is 0 Å². The van der Waals surface area contributed by atoms with Crippen LogP contribution in [-0.4, -0.2) is 0 Å². The third-order valence-corrected chi connectivity index (χ3v) is 4.01. The van der Waals surface area contributed by atoms with Gasteiger partial charge in [0, 0.05) is 22.8 Å². The summed E-state index contributed by atoms with van der Waals surface area (Å²) in [5.41, 5.74) is 1.16. The van der Waals surface area contributed by atoms with Crippen molar-refractivity contribution in [1.82, 2.24) is 5.32 Å². The summed E-state index contributed by atoms with van der Waals surface area (Å²) in [6.45, 7) is 3.47. The summed E-state index contributed by atoms with van der Waals surface area (Å²) in [5, 5.41) is 12.1. The first-order chi connectivity index (χ1) is 9.21. The maximum absolute atomic E-state index is 13.2. The average Bonchev–Trinajstić information content (AvgIpc) is 2.86. The van der Waals surface area contributed by atoms with Gasteiger partial charge in [-0.05, 0) is 42.3 Å². The molecule has 0 unspecified atom stereocenters. The van der Waals surface area contributed by atoms with E-state index in [0.717, 1.165) is 18.5 Å². The number of rotatable bonds is 5. The number of nitriles is 1. The zero-order chi connectivity index (χ0) is 13.7. The van der Waals surface area contributed by atoms with Gasteiger partial charge >= 0.3 is 0 Å². The van der Waals surface area contributed by atoms with Crippen LogP contribution in [-0.2, 0) is 19.5 Å². The van der Waals surface area contributed by atoms with Crippen LogP contribution in [0, 0.1) is 17.1 Å². The Morgan fingerprint density at radius 2 is 2.00 bits per heavy atom. The van der Waals surface area contributed by atoms with Gasteiger partial charge in [-0.3, -0.25) is 0 Å². The molecule has 0 bridgehead atoms. The van der Waals surface area contributed by atoms with Crippen LogP contribution in [0.25, 0.3) is 0 Å². The molecule has 98 valence electrons. The molecule has 1 N–H and O–H groups in total. The third kappa shape index (κ3) is 3.88. The molecule has 1 aromatic heterocycles. The van der Waals surface area contributed by atoms with E-state index in [1.165, 1.54) is 21.9 Å². The second kappa shape index (κ2) is 6.46. The Labute approximate surface area is 116 Å². The van der Waals surface area contributed by atoms with E-state index in [1.807, 2.05) is 6.07 Å². The molecule has 2 nitrogen and oxygen atoms in total. The molecule has 2 aromatic rings. The number of nitrogens with one attached hydrogen (secondary N) is 1. The average molecular weight is 274 g/mol. The van der Waals surface area contributed by atoms with Crippen LogP contribution in [0.4, 0.5) is 4.39 Å². The van der Waals surface area contributed by atoms with Crippen LogP contribution in [0.3, 0.4) is 0 Å². The van der Waals surface area contributed by atoms with Gasteiger partial charge in [0.1, 0.15) is 5.82 Å². The molecule has 0 radical (unpaired) electrons. The first kappa shape index (κ1) is 13.7. The monoisotopic (exact) mass is 274 g/mol. The Morgan fingerprint density at radius 3 is 2.68 bits per heavy atom. The summed E-state index contributed by atoms with van der Waals surface area (Å²) in [6.07, 6.45) is 1.06. The Bertz CT molecular complexity index is 598. The minimum atomic E-state index is -0.361. The minimum Gasteiger partial charge on any atom is -0.308 e. The van der Waals surface area contributed by atoms with Crippen molar-refractivity contribution in [1.29, 1.82) is 5.26 Å². The van der Waals surface area contributed by atoms with Crippen LogP contribution in [0.2, 0.25) is 0 Å². The van der Waals surface area contributed by atoms with Gasteiger partial charge in [-0.1, -0.05) is 6.92 Å². The van der Waals surface area contributed by atoms with Crippen molar-refractivity contribution in [3.05, 3.63) is 57.0 Å². The van der Waals surface area contributed by atoms with Crippen LogP contribution < -0.4 is 5.32 Å². The number of hydrogen-bond donors (Lipinski definition) is 1. The SMILES string of the molecule is CCc1ccc(CNCc2cc(F)cc(C#N)c2)s1. The molecule has 0 saturated heterocycles. The van der Waals surface area contributed by atoms with Crippen molar-refractivity contribution < 1.29 is 4.39 Å². The minimum absolute atomic E-state index is 0.361. The highest BCUT2D eigenvalue weighted by Gasteiger charge is 2.02. The van der Waals surface area contributed by atoms with E-state index in [2.05, 4.69) is 24.4 Å². The van der Waals surface area contributed by atoms with Crippen molar-refractivity contribution >= 4 is 11.3 Å². The van der Waals surface area contributed by atoms with E-state index >= 15 is 0 Å². The van der Waals surface area contributed by atoms with Gasteiger partial charge in [-0.2, -0.15) is 5.26 Å². The summed E-state index contributed by atoms with van der Waals surface area (Å²) in [6, 6.07) is 10.6. The van der Waals surface area contributed by atoms with Crippen LogP contribution >= 0.6 is 11.3 Å². The Morgan fingerprint density at radius 1 is 1.21 bits per heavy atom. The second-order valence-corrected chi connectivity index (χ2v) is 5.54. The van der Waals surface area contributed by atoms with Gasteiger partial charge in [-0.15, -0.1) is 11.3 Å². The topological polar surface area (TPSA) is 35.8 Å². The number of hydrogen-bond acceptors (Lipinski definition) is 3. The highest BCUT2D eigenvalue weighted by atomic mass is 32.1. The molecule has 0 aliphatic carbocycles. The lowest BCUT2D eigenvalue weighted by atomic mass is 10.1. The fourth-order valence-corrected chi connectivity index (χ4v) is 2.78. The van der Waals surface area contributed by atoms with Crippen molar-refractivity contribution in [2.45, 2.75) is 26.4 Å². The lowest BCUT2D eigenvalue weighted by Gasteiger charge is -2.04. The lowest BCUT2D eigenvalue weighted by Crippen LogP contribution is -2.12. The van der Waals surface area contributed by atoms with E-state index < -0.39 is 0 Å². The largest absolute Gasteiger partial charge is 0.308 e. The van der Waals surface area contributed by atoms with Gasteiger partial charge in [0.05, 0.1) is 11.6 Å². The second-order valence-electron chi connectivity index (χ2n) is 4.29. The number of benzene rings is 1. The summed E-state index contributed by atoms with van der Waals surface area (Å²) < 4.78 is 13.2. The quantitative estimate of drug-likeness (QED) is 0.904. The standard InChI is InChI=1S/C15H15FN2S/c1-2-14-3-4-15(19-14)10-18-9-12-5-11(8-17)6-13(16)7-12/h3-7,18H,2,9-10H2,1H3. The van der Waals surface area contributed by atoms with Gasteiger partial charge < -0.3 is 5.32 Å². The van der Waals surface area contributed by atoms with E-state index in [0.29, 0.717) is 12.1 Å². The predicted octanol–water partition coefficient (Wildman–Crippen LogP) is 3.61. The Balaban J connectivity index is 1.92. The molecule has 4 heteroatoms. The normalized spacial score (nSPS) is 10.4. The number of nitrogens with zero attached hydrogens (tertiary/aromatic N) is 1. The van der Waals surface area contributed by atoms with Crippen molar-refractivity contribution in [2.24, 2.45) is 0 Å². The molecule has 0 spiro atoms. The van der Waals surface area contributed by atoms with Gasteiger partial charge in [0.2, 0.25) is 0 Å². The zero-order valence-electron chi connectivity index (χ0n) is 10.7. The maximum Gasteiger partial charge on any atom is 0.124 e. The van der Waals surface area contributed by atoms with Crippen LogP contribution in [0.1, 0.15) is 27.8 Å². The van der Waals surface area contributed by atoms with Crippen LogP contribution in [0.15, 0.2) is 30.3 Å². The molecule has 19 heavy (non-hydrogen) atoms. The van der Waals surface area contributed by atoms with Crippen molar-refractivity contribution in [3.63, 3.8) is 0 Å². The summed E-state index contributed by atoms with van der Waals surface area (Å²) in [4.78, 5) is 2.64. The molecule has 0 saturated carbocycles. The maximum atomic E-state index is 13.2. The number of aryl methyl sites for hydroxylation is 1. The third-order valence-electron chi connectivity index (χ3n) is 2.78. The van der Waals surface area contributed by atoms with E-state index in [4.69, 9.17) is 5.26 Å². The zero-order valence-corrected chi connectivity index (χ0v) is 11.6. The molecule has 2 rings (SSSR count). The Hall–Kier alpha value is -1.70. The molecule has 0 aliphatic heterocycles. The fourth-order valence-electron chi connectivity index (χ4n) is 1.85. The van der Waals surface area contributed by atoms with Gasteiger partial charge in [-0.25, -0.2) is 4.39 Å². The van der Waals surface area contributed by atoms with Crippen LogP contribution in [0.5, 0.6) is 0 Å². The highest BCUT2D eigenvalue weighted by Crippen LogP contribution is 2.16. The molecule has 1 heterocycles. The molecular formula is C15H15FN2S. The first-order valence-electron chi connectivity index (χ1n) is 6.19. The molecule has 0 fully saturated rings. The summed E-state index contributed by atoms with van der Waals surface area (Å²) in [5.74, 6) is -0.361. The first-order valence-corrected chi connectivity index (χ1v) is 7.00.